The lowest BCUT2D eigenvalue weighted by atomic mass is 9.88. The van der Waals surface area contributed by atoms with Gasteiger partial charge in [0, 0.05) is 25.0 Å². The Morgan fingerprint density at radius 1 is 0.975 bits per heavy atom. The molecule has 0 spiro atoms. The van der Waals surface area contributed by atoms with E-state index in [9.17, 15) is 12.8 Å². The standard InChI is InChI=1S/C28H34F2N6O3S/c29-25-23(36-40(37,38)17-13-19-6-2-1-3-7-19)10-11-24(26(25)30)39-27-21(9-5-15-32-27)22-12-16-33-28(35-22)34-20-8-4-14-31-18-20/h5,9-12,15-16,19-20,31,36H,1-4,6-8,13-14,17-18H2,(H,33,34,35)/t20-/m0/s1. The van der Waals surface area contributed by atoms with Crippen molar-refractivity contribution >= 4 is 21.7 Å². The van der Waals surface area contributed by atoms with Gasteiger partial charge in [-0.15, -0.1) is 0 Å². The molecule has 5 rings (SSSR count). The lowest BCUT2D eigenvalue weighted by Gasteiger charge is -2.23. The molecule has 1 aliphatic carbocycles. The zero-order valence-corrected chi connectivity index (χ0v) is 23.0. The fourth-order valence-electron chi connectivity index (χ4n) is 5.21. The first-order chi connectivity index (χ1) is 19.4. The number of anilines is 2. The summed E-state index contributed by atoms with van der Waals surface area (Å²) in [4.78, 5) is 13.1. The lowest BCUT2D eigenvalue weighted by molar-refractivity contribution is 0.350. The van der Waals surface area contributed by atoms with Gasteiger partial charge in [-0.05, 0) is 62.1 Å². The van der Waals surface area contributed by atoms with Crippen LogP contribution in [0, 0.1) is 17.6 Å². The van der Waals surface area contributed by atoms with Crippen molar-refractivity contribution in [1.82, 2.24) is 20.3 Å². The molecule has 1 saturated heterocycles. The number of piperidine rings is 1. The minimum absolute atomic E-state index is 0.0191. The molecule has 1 saturated carbocycles. The molecule has 0 bridgehead atoms. The minimum Gasteiger partial charge on any atom is -0.435 e. The molecule has 9 nitrogen and oxygen atoms in total. The predicted molar refractivity (Wildman–Crippen MR) is 150 cm³/mol. The van der Waals surface area contributed by atoms with E-state index in [2.05, 4.69) is 30.3 Å². The van der Waals surface area contributed by atoms with Gasteiger partial charge < -0.3 is 15.4 Å². The van der Waals surface area contributed by atoms with Crippen LogP contribution in [0.4, 0.5) is 20.4 Å². The van der Waals surface area contributed by atoms with Crippen molar-refractivity contribution in [2.24, 2.45) is 5.92 Å². The Balaban J connectivity index is 1.29. The third-order valence-electron chi connectivity index (χ3n) is 7.37. The van der Waals surface area contributed by atoms with Crippen molar-refractivity contribution in [2.45, 2.75) is 57.4 Å². The number of aromatic nitrogens is 3. The third-order valence-corrected chi connectivity index (χ3v) is 8.68. The van der Waals surface area contributed by atoms with Gasteiger partial charge in [0.05, 0.1) is 22.7 Å². The predicted octanol–water partition coefficient (Wildman–Crippen LogP) is 5.49. The molecule has 3 heterocycles. The average molecular weight is 573 g/mol. The fourth-order valence-corrected chi connectivity index (χ4v) is 6.45. The minimum atomic E-state index is -3.84. The Bertz CT molecular complexity index is 1410. The number of nitrogens with zero attached hydrogens (tertiary/aromatic N) is 3. The van der Waals surface area contributed by atoms with Gasteiger partial charge in [0.25, 0.3) is 0 Å². The molecule has 12 heteroatoms. The number of pyridine rings is 1. The quantitative estimate of drug-likeness (QED) is 0.292. The number of ether oxygens (including phenoxy) is 1. The molecule has 1 aromatic carbocycles. The summed E-state index contributed by atoms with van der Waals surface area (Å²) in [6.45, 7) is 1.80. The maximum Gasteiger partial charge on any atom is 0.232 e. The number of sulfonamides is 1. The van der Waals surface area contributed by atoms with Crippen LogP contribution in [0.5, 0.6) is 11.6 Å². The number of benzene rings is 1. The van der Waals surface area contributed by atoms with Gasteiger partial charge in [0.15, 0.2) is 11.6 Å². The summed E-state index contributed by atoms with van der Waals surface area (Å²) in [7, 11) is -3.84. The molecule has 40 heavy (non-hydrogen) atoms. The van der Waals surface area contributed by atoms with Gasteiger partial charge in [-0.1, -0.05) is 32.1 Å². The Morgan fingerprint density at radius 3 is 2.62 bits per heavy atom. The van der Waals surface area contributed by atoms with E-state index in [4.69, 9.17) is 4.74 Å². The summed E-state index contributed by atoms with van der Waals surface area (Å²) in [6, 6.07) is 7.60. The number of halogens is 2. The molecular weight excluding hydrogens is 538 g/mol. The summed E-state index contributed by atoms with van der Waals surface area (Å²) in [6.07, 6.45) is 11.0. The Morgan fingerprint density at radius 2 is 1.82 bits per heavy atom. The topological polar surface area (TPSA) is 118 Å². The van der Waals surface area contributed by atoms with E-state index in [-0.39, 0.29) is 17.7 Å². The van der Waals surface area contributed by atoms with Crippen LogP contribution in [0.15, 0.2) is 42.7 Å². The monoisotopic (exact) mass is 572 g/mol. The fraction of sp³-hybridized carbons (Fsp3) is 0.464. The number of nitrogens with one attached hydrogen (secondary N) is 3. The molecule has 2 aliphatic rings. The van der Waals surface area contributed by atoms with Gasteiger partial charge in [0.1, 0.15) is 0 Å². The van der Waals surface area contributed by atoms with E-state index < -0.39 is 33.1 Å². The van der Waals surface area contributed by atoms with E-state index in [1.165, 1.54) is 18.7 Å². The first kappa shape index (κ1) is 28.2. The molecular formula is C28H34F2N6O3S. The Labute approximate surface area is 233 Å². The maximum absolute atomic E-state index is 15.1. The number of hydrogen-bond donors (Lipinski definition) is 3. The lowest BCUT2D eigenvalue weighted by Crippen LogP contribution is -2.38. The van der Waals surface area contributed by atoms with E-state index in [1.807, 2.05) is 0 Å². The van der Waals surface area contributed by atoms with E-state index in [0.717, 1.165) is 57.7 Å². The van der Waals surface area contributed by atoms with Crippen LogP contribution in [0.25, 0.3) is 11.3 Å². The molecule has 0 unspecified atom stereocenters. The second-order valence-corrected chi connectivity index (χ2v) is 12.2. The highest BCUT2D eigenvalue weighted by molar-refractivity contribution is 7.92. The van der Waals surface area contributed by atoms with Crippen LogP contribution in [0.2, 0.25) is 0 Å². The van der Waals surface area contributed by atoms with Crippen molar-refractivity contribution < 1.29 is 21.9 Å². The van der Waals surface area contributed by atoms with E-state index in [0.29, 0.717) is 29.5 Å². The molecule has 0 amide bonds. The van der Waals surface area contributed by atoms with Crippen LogP contribution in [-0.4, -0.2) is 48.3 Å². The largest absolute Gasteiger partial charge is 0.435 e. The second-order valence-electron chi connectivity index (χ2n) is 10.4. The van der Waals surface area contributed by atoms with Crippen LogP contribution < -0.4 is 20.1 Å². The molecule has 3 aromatic rings. The van der Waals surface area contributed by atoms with E-state index >= 15 is 4.39 Å². The molecule has 1 atom stereocenters. The molecule has 214 valence electrons. The second kappa shape index (κ2) is 12.9. The molecule has 0 radical (unpaired) electrons. The Hall–Kier alpha value is -3.38. The van der Waals surface area contributed by atoms with Crippen LogP contribution in [0.3, 0.4) is 0 Å². The van der Waals surface area contributed by atoms with Gasteiger partial charge in [-0.3, -0.25) is 4.72 Å². The third kappa shape index (κ3) is 7.22. The SMILES string of the molecule is O=S(=O)(CCC1CCCCC1)Nc1ccc(Oc2ncccc2-c2ccnc(N[C@H]3CCCNC3)n2)c(F)c1F. The van der Waals surface area contributed by atoms with Gasteiger partial charge >= 0.3 is 0 Å². The maximum atomic E-state index is 15.1. The van der Waals surface area contributed by atoms with Gasteiger partial charge in [-0.2, -0.15) is 4.39 Å². The van der Waals surface area contributed by atoms with Crippen molar-refractivity contribution in [3.63, 3.8) is 0 Å². The normalized spacial score (nSPS) is 18.3. The first-order valence-electron chi connectivity index (χ1n) is 13.8. The van der Waals surface area contributed by atoms with Crippen LogP contribution >= 0.6 is 0 Å². The molecule has 2 fully saturated rings. The molecule has 2 aromatic heterocycles. The van der Waals surface area contributed by atoms with Crippen molar-refractivity contribution in [3.8, 4) is 22.9 Å². The highest BCUT2D eigenvalue weighted by atomic mass is 32.2. The van der Waals surface area contributed by atoms with Crippen molar-refractivity contribution in [1.29, 1.82) is 0 Å². The van der Waals surface area contributed by atoms with E-state index in [1.54, 1.807) is 24.4 Å². The summed E-state index contributed by atoms with van der Waals surface area (Å²) in [5, 5.41) is 6.65. The first-order valence-corrected chi connectivity index (χ1v) is 15.5. The average Bonchev–Trinajstić information content (AvgIpc) is 2.97. The summed E-state index contributed by atoms with van der Waals surface area (Å²) < 4.78 is 63.0. The summed E-state index contributed by atoms with van der Waals surface area (Å²) in [5.74, 6) is -2.42. The smallest absolute Gasteiger partial charge is 0.232 e. The zero-order chi connectivity index (χ0) is 28.0. The van der Waals surface area contributed by atoms with Crippen LogP contribution in [0.1, 0.15) is 51.4 Å². The zero-order valence-electron chi connectivity index (χ0n) is 22.2. The highest BCUT2D eigenvalue weighted by Gasteiger charge is 2.23. The molecule has 3 N–H and O–H groups in total. The summed E-state index contributed by atoms with van der Waals surface area (Å²) in [5.41, 5.74) is 0.494. The number of rotatable bonds is 10. The van der Waals surface area contributed by atoms with Gasteiger partial charge in [0.2, 0.25) is 27.7 Å². The van der Waals surface area contributed by atoms with Crippen molar-refractivity contribution in [3.05, 3.63) is 54.4 Å². The van der Waals surface area contributed by atoms with Crippen LogP contribution in [-0.2, 0) is 10.0 Å². The number of hydrogen-bond acceptors (Lipinski definition) is 8. The highest BCUT2D eigenvalue weighted by Crippen LogP contribution is 2.34. The molecule has 1 aliphatic heterocycles. The van der Waals surface area contributed by atoms with Gasteiger partial charge in [-0.25, -0.2) is 27.8 Å². The van der Waals surface area contributed by atoms with Crippen molar-refractivity contribution in [2.75, 3.05) is 28.9 Å². The Kier molecular flexibility index (Phi) is 9.05. The summed E-state index contributed by atoms with van der Waals surface area (Å²) >= 11 is 0.